The van der Waals surface area contributed by atoms with Gasteiger partial charge in [0.15, 0.2) is 5.78 Å². The molecular formula is C32H36N4O4. The van der Waals surface area contributed by atoms with Gasteiger partial charge < -0.3 is 15.3 Å². The van der Waals surface area contributed by atoms with Crippen LogP contribution in [0.25, 0.3) is 0 Å². The summed E-state index contributed by atoms with van der Waals surface area (Å²) in [4.78, 5) is 51.5. The largest absolute Gasteiger partial charge is 0.395 e. The molecule has 0 bridgehead atoms. The van der Waals surface area contributed by atoms with Crippen molar-refractivity contribution in [1.82, 2.24) is 4.98 Å². The number of para-hydroxylation sites is 1. The number of anilines is 2. The smallest absolute Gasteiger partial charge is 0.252 e. The van der Waals surface area contributed by atoms with E-state index in [1.807, 2.05) is 50.2 Å². The number of hydrogen-bond acceptors (Lipinski definition) is 6. The second-order valence-electron chi connectivity index (χ2n) is 10.3. The van der Waals surface area contributed by atoms with Gasteiger partial charge in [0.2, 0.25) is 5.91 Å². The van der Waals surface area contributed by atoms with Crippen LogP contribution in [0.1, 0.15) is 56.9 Å². The van der Waals surface area contributed by atoms with E-state index in [1.54, 1.807) is 43.5 Å². The summed E-state index contributed by atoms with van der Waals surface area (Å²) in [7, 11) is 0. The first-order valence-corrected chi connectivity index (χ1v) is 13.7. The molecule has 0 saturated heterocycles. The van der Waals surface area contributed by atoms with Crippen LogP contribution in [0.15, 0.2) is 77.9 Å². The van der Waals surface area contributed by atoms with Gasteiger partial charge in [-0.1, -0.05) is 63.6 Å². The molecule has 0 unspecified atom stereocenters. The van der Waals surface area contributed by atoms with E-state index >= 15 is 0 Å². The number of benzene rings is 2. The zero-order chi connectivity index (χ0) is 28.7. The minimum absolute atomic E-state index is 0.212. The average Bonchev–Trinajstić information content (AvgIpc) is 3.08. The third kappa shape index (κ3) is 6.34. The van der Waals surface area contributed by atoms with Gasteiger partial charge in [-0.15, -0.1) is 0 Å². The summed E-state index contributed by atoms with van der Waals surface area (Å²) in [6.07, 6.45) is 3.46. The fourth-order valence-electron chi connectivity index (χ4n) is 4.94. The number of aryl methyl sites for hydroxylation is 1. The van der Waals surface area contributed by atoms with Crippen molar-refractivity contribution in [3.8, 4) is 0 Å². The number of carbonyl (C=O) groups is 3. The van der Waals surface area contributed by atoms with Crippen LogP contribution >= 0.6 is 0 Å². The Morgan fingerprint density at radius 3 is 2.52 bits per heavy atom. The lowest BCUT2D eigenvalue weighted by atomic mass is 9.81. The van der Waals surface area contributed by atoms with Crippen LogP contribution in [-0.2, 0) is 20.8 Å². The number of rotatable bonds is 11. The van der Waals surface area contributed by atoms with E-state index in [1.165, 1.54) is 4.90 Å². The molecule has 208 valence electrons. The molecule has 0 saturated carbocycles. The Bertz CT molecular complexity index is 1400. The molecule has 8 heteroatoms. The molecule has 40 heavy (non-hydrogen) atoms. The fourth-order valence-corrected chi connectivity index (χ4v) is 4.94. The van der Waals surface area contributed by atoms with Gasteiger partial charge in [0.25, 0.3) is 5.91 Å². The maximum Gasteiger partial charge on any atom is 0.252 e. The van der Waals surface area contributed by atoms with E-state index in [0.717, 1.165) is 12.0 Å². The van der Waals surface area contributed by atoms with E-state index in [4.69, 9.17) is 4.99 Å². The number of Topliss-reactive ketones (excluding diaryl/α,β-unsaturated/α-hetero) is 1. The van der Waals surface area contributed by atoms with E-state index < -0.39 is 17.4 Å². The number of amides is 2. The number of nitrogens with one attached hydrogen (secondary N) is 1. The van der Waals surface area contributed by atoms with E-state index in [2.05, 4.69) is 10.3 Å². The Hall–Kier alpha value is -4.17. The maximum atomic E-state index is 14.1. The molecule has 1 aromatic heterocycles. The number of aromatic nitrogens is 1. The molecule has 3 aromatic rings. The van der Waals surface area contributed by atoms with Crippen molar-refractivity contribution >= 4 is 34.7 Å². The molecule has 2 heterocycles. The zero-order valence-electron chi connectivity index (χ0n) is 23.3. The summed E-state index contributed by atoms with van der Waals surface area (Å²) in [6, 6.07) is 19.2. The van der Waals surface area contributed by atoms with Crippen LogP contribution in [0, 0.1) is 5.41 Å². The maximum absolute atomic E-state index is 14.1. The molecule has 0 radical (unpaired) electrons. The topological polar surface area (TPSA) is 112 Å². The van der Waals surface area contributed by atoms with Gasteiger partial charge in [-0.25, -0.2) is 0 Å². The average molecular weight is 541 g/mol. The standard InChI is InChI=1S/C32H36N4O4/c1-4-16-32(3,21-37)28(38)20-36-27-15-7-6-13-24(27)30(25-14-8-9-17-33-25)35-26(31(36)40)19-29(39)34-23-12-10-11-22(5-2)18-23/h6-15,17-18,26,37H,4-5,16,19-21H2,1-3H3,(H,34,39)/t26-,32-/m0/s1. The summed E-state index contributed by atoms with van der Waals surface area (Å²) < 4.78 is 0. The molecule has 2 N–H and O–H groups in total. The van der Waals surface area contributed by atoms with Crippen molar-refractivity contribution in [2.24, 2.45) is 10.4 Å². The minimum Gasteiger partial charge on any atom is -0.395 e. The first-order chi connectivity index (χ1) is 19.3. The highest BCUT2D eigenvalue weighted by atomic mass is 16.3. The number of pyridine rings is 1. The number of benzodiazepines with no additional fused rings is 1. The normalized spacial score (nSPS) is 16.4. The number of fused-ring (bicyclic) bond motifs is 1. The molecule has 8 nitrogen and oxygen atoms in total. The number of ketones is 1. The van der Waals surface area contributed by atoms with Crippen molar-refractivity contribution < 1.29 is 19.5 Å². The number of aliphatic hydroxyl groups is 1. The molecule has 4 rings (SSSR count). The second kappa shape index (κ2) is 12.8. The lowest BCUT2D eigenvalue weighted by Gasteiger charge is -2.30. The lowest BCUT2D eigenvalue weighted by molar-refractivity contribution is -0.131. The van der Waals surface area contributed by atoms with Gasteiger partial charge >= 0.3 is 0 Å². The summed E-state index contributed by atoms with van der Waals surface area (Å²) in [6.45, 7) is 5.15. The third-order valence-electron chi connectivity index (χ3n) is 7.32. The fraction of sp³-hybridized carbons (Fsp3) is 0.344. The SMILES string of the molecule is CCC[C@@](C)(CO)C(=O)CN1C(=O)[C@H](CC(=O)Nc2cccc(CC)c2)N=C(c2ccccn2)c2ccccc21. The molecule has 2 atom stereocenters. The first kappa shape index (κ1) is 28.8. The summed E-state index contributed by atoms with van der Waals surface area (Å²) in [5, 5.41) is 13.0. The number of hydrogen-bond donors (Lipinski definition) is 2. The van der Waals surface area contributed by atoms with Gasteiger partial charge in [-0.2, -0.15) is 0 Å². The van der Waals surface area contributed by atoms with Crippen LogP contribution in [0.4, 0.5) is 11.4 Å². The van der Waals surface area contributed by atoms with Gasteiger partial charge in [0.05, 0.1) is 42.1 Å². The highest BCUT2D eigenvalue weighted by Gasteiger charge is 2.38. The Morgan fingerprint density at radius 2 is 1.82 bits per heavy atom. The van der Waals surface area contributed by atoms with Crippen molar-refractivity contribution in [2.45, 2.75) is 52.5 Å². The van der Waals surface area contributed by atoms with Crippen LogP contribution in [0.3, 0.4) is 0 Å². The zero-order valence-corrected chi connectivity index (χ0v) is 23.3. The first-order valence-electron chi connectivity index (χ1n) is 13.7. The van der Waals surface area contributed by atoms with Gasteiger partial charge in [0, 0.05) is 17.4 Å². The van der Waals surface area contributed by atoms with Crippen molar-refractivity contribution in [2.75, 3.05) is 23.4 Å². The number of aliphatic imine (C=N–C) groups is 1. The van der Waals surface area contributed by atoms with E-state index in [9.17, 15) is 19.5 Å². The highest BCUT2D eigenvalue weighted by molar-refractivity contribution is 6.20. The predicted molar refractivity (Wildman–Crippen MR) is 157 cm³/mol. The summed E-state index contributed by atoms with van der Waals surface area (Å²) in [5.41, 5.74) is 2.93. The van der Waals surface area contributed by atoms with Crippen LogP contribution in [-0.4, -0.2) is 52.6 Å². The monoisotopic (exact) mass is 540 g/mol. The van der Waals surface area contributed by atoms with Crippen molar-refractivity contribution in [1.29, 1.82) is 0 Å². The Kier molecular flexibility index (Phi) is 9.22. The van der Waals surface area contributed by atoms with Gasteiger partial charge in [-0.3, -0.25) is 24.4 Å². The number of carbonyl (C=O) groups excluding carboxylic acids is 3. The second-order valence-corrected chi connectivity index (χ2v) is 10.3. The van der Waals surface area contributed by atoms with Gasteiger partial charge in [0.1, 0.15) is 6.04 Å². The third-order valence-corrected chi connectivity index (χ3v) is 7.32. The Labute approximate surface area is 235 Å². The number of nitrogens with zero attached hydrogens (tertiary/aromatic N) is 3. The predicted octanol–water partition coefficient (Wildman–Crippen LogP) is 4.59. The van der Waals surface area contributed by atoms with Crippen LogP contribution in [0.5, 0.6) is 0 Å². The van der Waals surface area contributed by atoms with Crippen LogP contribution in [0.2, 0.25) is 0 Å². The summed E-state index contributed by atoms with van der Waals surface area (Å²) >= 11 is 0. The lowest BCUT2D eigenvalue weighted by Crippen LogP contribution is -2.46. The molecule has 2 aromatic carbocycles. The van der Waals surface area contributed by atoms with E-state index in [0.29, 0.717) is 41.2 Å². The molecule has 0 spiro atoms. The molecule has 1 aliphatic heterocycles. The molecular weight excluding hydrogens is 504 g/mol. The number of aliphatic hydroxyl groups excluding tert-OH is 1. The Morgan fingerprint density at radius 1 is 1.05 bits per heavy atom. The summed E-state index contributed by atoms with van der Waals surface area (Å²) in [5.74, 6) is -1.07. The molecule has 0 aliphatic carbocycles. The van der Waals surface area contributed by atoms with Crippen molar-refractivity contribution in [3.63, 3.8) is 0 Å². The van der Waals surface area contributed by atoms with Gasteiger partial charge in [-0.05, 0) is 48.7 Å². The van der Waals surface area contributed by atoms with Crippen LogP contribution < -0.4 is 10.2 Å². The minimum atomic E-state index is -1.09. The molecule has 0 fully saturated rings. The quantitative estimate of drug-likeness (QED) is 0.369. The van der Waals surface area contributed by atoms with Crippen molar-refractivity contribution in [3.05, 3.63) is 89.7 Å². The highest BCUT2D eigenvalue weighted by Crippen LogP contribution is 2.31. The van der Waals surface area contributed by atoms with E-state index in [-0.39, 0.29) is 31.3 Å². The molecule has 2 amide bonds. The Balaban J connectivity index is 1.74. The molecule has 1 aliphatic rings.